The minimum Gasteiger partial charge on any atom is -0.495 e. The second-order valence-electron chi connectivity index (χ2n) is 5.80. The third-order valence-corrected chi connectivity index (χ3v) is 3.81. The topological polar surface area (TPSA) is 59.1 Å². The molecule has 0 atom stereocenters. The van der Waals surface area contributed by atoms with E-state index in [4.69, 9.17) is 16.3 Å². The number of nitrogens with one attached hydrogen (secondary N) is 2. The average molecular weight is 335 g/mol. The van der Waals surface area contributed by atoms with Crippen LogP contribution in [0.15, 0.2) is 24.4 Å². The highest BCUT2D eigenvalue weighted by Crippen LogP contribution is 2.32. The van der Waals surface area contributed by atoms with Crippen LogP contribution >= 0.6 is 11.6 Å². The van der Waals surface area contributed by atoms with Gasteiger partial charge in [-0.1, -0.05) is 25.4 Å². The standard InChI is InChI=1S/C17H23ClN4O/c1-11(2)5-7-19-17-20-8-6-16(22-17)21-14-9-12(3)13(18)10-15(14)23-4/h6,8-11H,5,7H2,1-4H3,(H2,19,20,21,22). The average Bonchev–Trinajstić information content (AvgIpc) is 2.51. The van der Waals surface area contributed by atoms with Gasteiger partial charge in [0.05, 0.1) is 12.8 Å². The number of ether oxygens (including phenoxy) is 1. The molecule has 0 amide bonds. The van der Waals surface area contributed by atoms with Gasteiger partial charge in [-0.05, 0) is 37.0 Å². The summed E-state index contributed by atoms with van der Waals surface area (Å²) < 4.78 is 5.37. The monoisotopic (exact) mass is 334 g/mol. The first-order chi connectivity index (χ1) is 11.0. The number of aromatic nitrogens is 2. The van der Waals surface area contributed by atoms with E-state index in [-0.39, 0.29) is 0 Å². The summed E-state index contributed by atoms with van der Waals surface area (Å²) in [5, 5.41) is 7.17. The highest BCUT2D eigenvalue weighted by Gasteiger charge is 2.08. The quantitative estimate of drug-likeness (QED) is 0.771. The van der Waals surface area contributed by atoms with Gasteiger partial charge in [-0.25, -0.2) is 4.98 Å². The Morgan fingerprint density at radius 3 is 2.78 bits per heavy atom. The second kappa shape index (κ2) is 8.02. The molecule has 0 aliphatic carbocycles. The Kier molecular flexibility index (Phi) is 6.04. The summed E-state index contributed by atoms with van der Waals surface area (Å²) in [7, 11) is 1.62. The number of hydrogen-bond donors (Lipinski definition) is 2. The van der Waals surface area contributed by atoms with Gasteiger partial charge in [-0.15, -0.1) is 0 Å². The predicted octanol–water partition coefficient (Wildman–Crippen LogP) is 4.65. The van der Waals surface area contributed by atoms with Gasteiger partial charge >= 0.3 is 0 Å². The molecule has 0 bridgehead atoms. The molecular weight excluding hydrogens is 312 g/mol. The fraction of sp³-hybridized carbons (Fsp3) is 0.412. The maximum absolute atomic E-state index is 6.13. The van der Waals surface area contributed by atoms with Crippen LogP contribution in [0, 0.1) is 12.8 Å². The normalized spacial score (nSPS) is 10.7. The molecule has 0 aliphatic heterocycles. The first-order valence-electron chi connectivity index (χ1n) is 7.67. The van der Waals surface area contributed by atoms with Crippen molar-refractivity contribution in [2.24, 2.45) is 5.92 Å². The van der Waals surface area contributed by atoms with Crippen LogP contribution in [0.3, 0.4) is 0 Å². The van der Waals surface area contributed by atoms with Crippen molar-refractivity contribution in [2.75, 3.05) is 24.3 Å². The lowest BCUT2D eigenvalue weighted by Gasteiger charge is -2.13. The number of anilines is 3. The summed E-state index contributed by atoms with van der Waals surface area (Å²) in [5.74, 6) is 2.63. The molecule has 2 rings (SSSR count). The SMILES string of the molecule is COc1cc(Cl)c(C)cc1Nc1ccnc(NCCC(C)C)n1. The van der Waals surface area contributed by atoms with Crippen molar-refractivity contribution in [3.63, 3.8) is 0 Å². The van der Waals surface area contributed by atoms with Crippen LogP contribution in [0.2, 0.25) is 5.02 Å². The van der Waals surface area contributed by atoms with Crippen LogP contribution in [-0.2, 0) is 0 Å². The number of benzene rings is 1. The molecule has 2 N–H and O–H groups in total. The van der Waals surface area contributed by atoms with E-state index in [0.717, 1.165) is 24.2 Å². The van der Waals surface area contributed by atoms with Crippen molar-refractivity contribution in [3.8, 4) is 5.75 Å². The lowest BCUT2D eigenvalue weighted by Crippen LogP contribution is -2.08. The van der Waals surface area contributed by atoms with E-state index < -0.39 is 0 Å². The predicted molar refractivity (Wildman–Crippen MR) is 96.0 cm³/mol. The van der Waals surface area contributed by atoms with Crippen LogP contribution in [0.1, 0.15) is 25.8 Å². The molecule has 0 spiro atoms. The largest absolute Gasteiger partial charge is 0.495 e. The van der Waals surface area contributed by atoms with Gasteiger partial charge in [0.1, 0.15) is 11.6 Å². The Morgan fingerprint density at radius 1 is 1.30 bits per heavy atom. The van der Waals surface area contributed by atoms with Crippen molar-refractivity contribution in [1.29, 1.82) is 0 Å². The van der Waals surface area contributed by atoms with Crippen molar-refractivity contribution < 1.29 is 4.74 Å². The molecule has 1 aromatic heterocycles. The van der Waals surface area contributed by atoms with Gasteiger partial charge in [0.2, 0.25) is 5.95 Å². The smallest absolute Gasteiger partial charge is 0.224 e. The molecule has 2 aromatic rings. The van der Waals surface area contributed by atoms with Crippen LogP contribution < -0.4 is 15.4 Å². The summed E-state index contributed by atoms with van der Waals surface area (Å²) in [4.78, 5) is 8.71. The number of nitrogens with zero attached hydrogens (tertiary/aromatic N) is 2. The van der Waals surface area contributed by atoms with Crippen molar-refractivity contribution >= 4 is 29.1 Å². The summed E-state index contributed by atoms with van der Waals surface area (Å²) in [6.45, 7) is 7.18. The van der Waals surface area contributed by atoms with Gasteiger partial charge in [-0.2, -0.15) is 4.98 Å². The number of hydrogen-bond acceptors (Lipinski definition) is 5. The third-order valence-electron chi connectivity index (χ3n) is 3.40. The summed E-state index contributed by atoms with van der Waals surface area (Å²) in [6, 6.07) is 5.55. The fourth-order valence-corrected chi connectivity index (χ4v) is 2.21. The lowest BCUT2D eigenvalue weighted by molar-refractivity contribution is 0.416. The van der Waals surface area contributed by atoms with Crippen LogP contribution in [0.5, 0.6) is 5.75 Å². The van der Waals surface area contributed by atoms with E-state index in [2.05, 4.69) is 34.4 Å². The second-order valence-corrected chi connectivity index (χ2v) is 6.21. The van der Waals surface area contributed by atoms with E-state index in [9.17, 15) is 0 Å². The summed E-state index contributed by atoms with van der Waals surface area (Å²) in [5.41, 5.74) is 1.79. The number of aryl methyl sites for hydroxylation is 1. The molecule has 23 heavy (non-hydrogen) atoms. The molecule has 0 aliphatic rings. The maximum Gasteiger partial charge on any atom is 0.224 e. The summed E-state index contributed by atoms with van der Waals surface area (Å²) in [6.07, 6.45) is 2.80. The maximum atomic E-state index is 6.13. The Bertz CT molecular complexity index is 661. The van der Waals surface area contributed by atoms with E-state index in [0.29, 0.717) is 28.5 Å². The van der Waals surface area contributed by atoms with Crippen LogP contribution in [0.4, 0.5) is 17.5 Å². The van der Waals surface area contributed by atoms with Crippen molar-refractivity contribution in [2.45, 2.75) is 27.2 Å². The number of rotatable bonds is 7. The molecule has 6 heteroatoms. The molecule has 124 valence electrons. The minimum atomic E-state index is 0.611. The van der Waals surface area contributed by atoms with Gasteiger partial charge in [-0.3, -0.25) is 0 Å². The zero-order valence-electron chi connectivity index (χ0n) is 14.0. The molecule has 1 heterocycles. The van der Waals surface area contributed by atoms with Crippen LogP contribution in [-0.4, -0.2) is 23.6 Å². The highest BCUT2D eigenvalue weighted by atomic mass is 35.5. The Balaban J connectivity index is 2.13. The van der Waals surface area contributed by atoms with E-state index in [1.54, 1.807) is 19.4 Å². The van der Waals surface area contributed by atoms with E-state index >= 15 is 0 Å². The van der Waals surface area contributed by atoms with Crippen LogP contribution in [0.25, 0.3) is 0 Å². The summed E-state index contributed by atoms with van der Waals surface area (Å²) >= 11 is 6.13. The Morgan fingerprint density at radius 2 is 2.09 bits per heavy atom. The molecule has 0 fully saturated rings. The Hall–Kier alpha value is -2.01. The third kappa shape index (κ3) is 4.99. The van der Waals surface area contributed by atoms with Crippen molar-refractivity contribution in [3.05, 3.63) is 35.0 Å². The van der Waals surface area contributed by atoms with E-state index in [1.807, 2.05) is 19.1 Å². The first kappa shape index (κ1) is 17.3. The number of halogens is 1. The van der Waals surface area contributed by atoms with Gasteiger partial charge in [0.15, 0.2) is 0 Å². The fourth-order valence-electron chi connectivity index (χ4n) is 2.05. The first-order valence-corrected chi connectivity index (χ1v) is 8.05. The minimum absolute atomic E-state index is 0.611. The molecule has 0 unspecified atom stereocenters. The molecular formula is C17H23ClN4O. The van der Waals surface area contributed by atoms with Gasteiger partial charge in [0.25, 0.3) is 0 Å². The molecule has 0 saturated heterocycles. The molecule has 5 nitrogen and oxygen atoms in total. The lowest BCUT2D eigenvalue weighted by atomic mass is 10.1. The zero-order valence-corrected chi connectivity index (χ0v) is 14.7. The van der Waals surface area contributed by atoms with E-state index in [1.165, 1.54) is 0 Å². The van der Waals surface area contributed by atoms with Gasteiger partial charge < -0.3 is 15.4 Å². The number of methoxy groups -OCH3 is 1. The molecule has 0 saturated carbocycles. The highest BCUT2D eigenvalue weighted by molar-refractivity contribution is 6.31. The molecule has 0 radical (unpaired) electrons. The van der Waals surface area contributed by atoms with Crippen molar-refractivity contribution in [1.82, 2.24) is 9.97 Å². The molecule has 1 aromatic carbocycles. The zero-order chi connectivity index (χ0) is 16.8. The Labute approximate surface area is 142 Å². The van der Waals surface area contributed by atoms with Gasteiger partial charge in [0, 0.05) is 23.8 Å².